The van der Waals surface area contributed by atoms with Gasteiger partial charge in [-0.25, -0.2) is 4.39 Å². The molecule has 0 spiro atoms. The van der Waals surface area contributed by atoms with Gasteiger partial charge in [-0.1, -0.05) is 24.0 Å². The highest BCUT2D eigenvalue weighted by atomic mass is 19.1. The van der Waals surface area contributed by atoms with Gasteiger partial charge in [-0.05, 0) is 76.0 Å². The Balaban J connectivity index is 1.74. The predicted molar refractivity (Wildman–Crippen MR) is 83.4 cm³/mol. The molecule has 116 valence electrons. The SMILES string of the molecule is N#CC1CCC(C2CCCC3=C2CCCCCC3)CC1F. The lowest BCUT2D eigenvalue weighted by atomic mass is 9.66. The van der Waals surface area contributed by atoms with E-state index in [0.717, 1.165) is 12.8 Å². The van der Waals surface area contributed by atoms with E-state index < -0.39 is 6.17 Å². The van der Waals surface area contributed by atoms with Gasteiger partial charge in [0.1, 0.15) is 6.17 Å². The van der Waals surface area contributed by atoms with E-state index in [1.807, 2.05) is 0 Å². The lowest BCUT2D eigenvalue weighted by Gasteiger charge is -2.39. The predicted octanol–water partition coefficient (Wildman–Crippen LogP) is 5.72. The molecule has 1 fully saturated rings. The highest BCUT2D eigenvalue weighted by molar-refractivity contribution is 5.22. The maximum Gasteiger partial charge on any atom is 0.116 e. The first-order valence-electron chi connectivity index (χ1n) is 9.04. The van der Waals surface area contributed by atoms with E-state index >= 15 is 0 Å². The lowest BCUT2D eigenvalue weighted by Crippen LogP contribution is -2.32. The minimum absolute atomic E-state index is 0.337. The molecule has 0 aromatic carbocycles. The summed E-state index contributed by atoms with van der Waals surface area (Å²) in [5.74, 6) is 0.815. The molecule has 3 rings (SSSR count). The second-order valence-corrected chi connectivity index (χ2v) is 7.37. The van der Waals surface area contributed by atoms with Crippen molar-refractivity contribution in [2.45, 2.75) is 83.2 Å². The van der Waals surface area contributed by atoms with Gasteiger partial charge in [0.15, 0.2) is 0 Å². The number of allylic oxidation sites excluding steroid dienone is 2. The third kappa shape index (κ3) is 3.33. The van der Waals surface area contributed by atoms with Gasteiger partial charge in [-0.3, -0.25) is 0 Å². The van der Waals surface area contributed by atoms with Gasteiger partial charge in [0, 0.05) is 0 Å². The number of hydrogen-bond donors (Lipinski definition) is 0. The Kier molecular flexibility index (Phi) is 4.99. The first kappa shape index (κ1) is 15.1. The van der Waals surface area contributed by atoms with Crippen molar-refractivity contribution in [3.8, 4) is 6.07 Å². The van der Waals surface area contributed by atoms with Crippen molar-refractivity contribution in [2.75, 3.05) is 0 Å². The Hall–Kier alpha value is -0.840. The van der Waals surface area contributed by atoms with Crippen molar-refractivity contribution in [1.29, 1.82) is 5.26 Å². The largest absolute Gasteiger partial charge is 0.246 e. The third-order valence-electron chi connectivity index (χ3n) is 6.12. The van der Waals surface area contributed by atoms with Crippen LogP contribution in [0.3, 0.4) is 0 Å². The average Bonchev–Trinajstić information content (AvgIpc) is 2.47. The standard InChI is InChI=1S/C19H28FN/c20-19-12-15(10-11-16(19)13-21)18-9-5-7-14-6-3-1-2-4-8-17(14)18/h15-16,18-19H,1-12H2. The van der Waals surface area contributed by atoms with Crippen molar-refractivity contribution in [2.24, 2.45) is 17.8 Å². The molecule has 0 saturated heterocycles. The Morgan fingerprint density at radius 3 is 2.43 bits per heavy atom. The van der Waals surface area contributed by atoms with Crippen LogP contribution >= 0.6 is 0 Å². The zero-order chi connectivity index (χ0) is 14.7. The normalized spacial score (nSPS) is 38.1. The lowest BCUT2D eigenvalue weighted by molar-refractivity contribution is 0.124. The molecule has 2 heteroatoms. The minimum Gasteiger partial charge on any atom is -0.246 e. The smallest absolute Gasteiger partial charge is 0.116 e. The minimum atomic E-state index is -0.881. The van der Waals surface area contributed by atoms with Crippen molar-refractivity contribution in [3.05, 3.63) is 11.1 Å². The molecule has 0 aliphatic heterocycles. The van der Waals surface area contributed by atoms with E-state index in [-0.39, 0.29) is 5.92 Å². The summed E-state index contributed by atoms with van der Waals surface area (Å²) in [7, 11) is 0. The summed E-state index contributed by atoms with van der Waals surface area (Å²) in [5, 5.41) is 9.01. The third-order valence-corrected chi connectivity index (χ3v) is 6.12. The maximum atomic E-state index is 14.2. The Morgan fingerprint density at radius 2 is 1.67 bits per heavy atom. The molecule has 0 amide bonds. The van der Waals surface area contributed by atoms with Gasteiger partial charge >= 0.3 is 0 Å². The fourth-order valence-electron chi connectivity index (χ4n) is 4.96. The van der Waals surface area contributed by atoms with Crippen LogP contribution in [-0.4, -0.2) is 6.17 Å². The van der Waals surface area contributed by atoms with Crippen LogP contribution in [0.15, 0.2) is 11.1 Å². The molecule has 0 bridgehead atoms. The monoisotopic (exact) mass is 289 g/mol. The van der Waals surface area contributed by atoms with Crippen LogP contribution in [0, 0.1) is 29.1 Å². The summed E-state index contributed by atoms with van der Waals surface area (Å²) in [5.41, 5.74) is 3.47. The Morgan fingerprint density at radius 1 is 0.905 bits per heavy atom. The number of rotatable bonds is 1. The summed E-state index contributed by atoms with van der Waals surface area (Å²) < 4.78 is 14.2. The highest BCUT2D eigenvalue weighted by Crippen LogP contribution is 2.46. The molecular weight excluding hydrogens is 261 g/mol. The van der Waals surface area contributed by atoms with Crippen molar-refractivity contribution in [3.63, 3.8) is 0 Å². The first-order valence-corrected chi connectivity index (χ1v) is 9.04. The molecule has 0 N–H and O–H groups in total. The number of nitrogens with zero attached hydrogens (tertiary/aromatic N) is 1. The van der Waals surface area contributed by atoms with Crippen molar-refractivity contribution >= 4 is 0 Å². The molecule has 3 aliphatic carbocycles. The molecule has 3 aliphatic rings. The van der Waals surface area contributed by atoms with E-state index in [9.17, 15) is 4.39 Å². The van der Waals surface area contributed by atoms with Gasteiger partial charge < -0.3 is 0 Å². The van der Waals surface area contributed by atoms with Gasteiger partial charge in [0.05, 0.1) is 12.0 Å². The van der Waals surface area contributed by atoms with Crippen LogP contribution in [0.5, 0.6) is 0 Å². The zero-order valence-corrected chi connectivity index (χ0v) is 13.1. The fourth-order valence-corrected chi connectivity index (χ4v) is 4.96. The fraction of sp³-hybridized carbons (Fsp3) is 0.842. The molecule has 0 heterocycles. The van der Waals surface area contributed by atoms with E-state index in [4.69, 9.17) is 5.26 Å². The molecule has 4 unspecified atom stereocenters. The van der Waals surface area contributed by atoms with Crippen molar-refractivity contribution in [1.82, 2.24) is 0 Å². The highest BCUT2D eigenvalue weighted by Gasteiger charge is 2.37. The van der Waals surface area contributed by atoms with Gasteiger partial charge in [0.2, 0.25) is 0 Å². The number of nitriles is 1. The molecule has 0 aromatic rings. The van der Waals surface area contributed by atoms with Crippen LogP contribution < -0.4 is 0 Å². The Bertz CT molecular complexity index is 433. The molecular formula is C19H28FN. The summed E-state index contributed by atoms with van der Waals surface area (Å²) in [4.78, 5) is 0. The molecule has 0 radical (unpaired) electrons. The van der Waals surface area contributed by atoms with Crippen LogP contribution in [-0.2, 0) is 0 Å². The second-order valence-electron chi connectivity index (χ2n) is 7.37. The van der Waals surface area contributed by atoms with Crippen molar-refractivity contribution < 1.29 is 4.39 Å². The molecule has 1 nitrogen and oxygen atoms in total. The topological polar surface area (TPSA) is 23.8 Å². The Labute approximate surface area is 128 Å². The molecule has 21 heavy (non-hydrogen) atoms. The maximum absolute atomic E-state index is 14.2. The second kappa shape index (κ2) is 6.95. The summed E-state index contributed by atoms with van der Waals surface area (Å²) in [6.07, 6.45) is 13.5. The number of halogens is 1. The number of hydrogen-bond acceptors (Lipinski definition) is 1. The van der Waals surface area contributed by atoms with Crippen LogP contribution in [0.2, 0.25) is 0 Å². The molecule has 4 atom stereocenters. The number of alkyl halides is 1. The van der Waals surface area contributed by atoms with Crippen LogP contribution in [0.4, 0.5) is 4.39 Å². The van der Waals surface area contributed by atoms with Crippen LogP contribution in [0.1, 0.15) is 77.0 Å². The quantitative estimate of drug-likeness (QED) is 0.567. The summed E-state index contributed by atoms with van der Waals surface area (Å²) in [6.45, 7) is 0. The van der Waals surface area contributed by atoms with E-state index in [1.165, 1.54) is 57.8 Å². The van der Waals surface area contributed by atoms with Gasteiger partial charge in [-0.2, -0.15) is 5.26 Å². The van der Waals surface area contributed by atoms with Crippen LogP contribution in [0.25, 0.3) is 0 Å². The average molecular weight is 289 g/mol. The van der Waals surface area contributed by atoms with Gasteiger partial charge in [0.25, 0.3) is 0 Å². The summed E-state index contributed by atoms with van der Waals surface area (Å²) >= 11 is 0. The molecule has 1 saturated carbocycles. The van der Waals surface area contributed by atoms with Gasteiger partial charge in [-0.15, -0.1) is 0 Å². The van der Waals surface area contributed by atoms with E-state index in [2.05, 4.69) is 6.07 Å². The van der Waals surface area contributed by atoms with E-state index in [0.29, 0.717) is 18.3 Å². The molecule has 0 aromatic heterocycles. The first-order chi connectivity index (χ1) is 10.3. The zero-order valence-electron chi connectivity index (χ0n) is 13.1. The summed E-state index contributed by atoms with van der Waals surface area (Å²) in [6, 6.07) is 2.16. The van der Waals surface area contributed by atoms with E-state index in [1.54, 1.807) is 11.1 Å².